The Morgan fingerprint density at radius 3 is 2.94 bits per heavy atom. The van der Waals surface area contributed by atoms with E-state index in [0.29, 0.717) is 22.9 Å². The summed E-state index contributed by atoms with van der Waals surface area (Å²) in [6.45, 7) is 0. The first-order valence-electron chi connectivity index (χ1n) is 5.99. The molecule has 0 saturated heterocycles. The van der Waals surface area contributed by atoms with Crippen LogP contribution in [0.5, 0.6) is 0 Å². The minimum atomic E-state index is -0.179. The molecular weight excluding hydrogens is 235 g/mol. The molecule has 1 aromatic carbocycles. The molecule has 17 heavy (non-hydrogen) atoms. The van der Waals surface area contributed by atoms with E-state index in [4.69, 9.17) is 5.73 Å². The van der Waals surface area contributed by atoms with Gasteiger partial charge in [0.1, 0.15) is 10.9 Å². The van der Waals surface area contributed by atoms with E-state index >= 15 is 0 Å². The highest BCUT2D eigenvalue weighted by Crippen LogP contribution is 2.38. The predicted molar refractivity (Wildman–Crippen MR) is 69.9 cm³/mol. The largest absolute Gasteiger partial charge is 0.328 e. The van der Waals surface area contributed by atoms with E-state index in [2.05, 4.69) is 4.99 Å². The zero-order valence-electron chi connectivity index (χ0n) is 9.47. The average Bonchev–Trinajstić information content (AvgIpc) is 2.72. The Morgan fingerprint density at radius 1 is 1.29 bits per heavy atom. The molecule has 0 aromatic heterocycles. The lowest BCUT2D eigenvalue weighted by Crippen LogP contribution is -2.35. The summed E-state index contributed by atoms with van der Waals surface area (Å²) in [5.74, 6) is -0.179. The Bertz CT molecular complexity index is 460. The normalized spacial score (nSPS) is 32.1. The van der Waals surface area contributed by atoms with Gasteiger partial charge in [0, 0.05) is 16.9 Å². The SMILES string of the molecule is NC1CCC2N=C(c3ccccc3F)SC2C1. The molecule has 0 spiro atoms. The van der Waals surface area contributed by atoms with Crippen LogP contribution in [0, 0.1) is 5.82 Å². The molecule has 90 valence electrons. The fourth-order valence-electron chi connectivity index (χ4n) is 2.51. The van der Waals surface area contributed by atoms with Gasteiger partial charge in [-0.2, -0.15) is 0 Å². The van der Waals surface area contributed by atoms with Gasteiger partial charge in [0.25, 0.3) is 0 Å². The highest BCUT2D eigenvalue weighted by atomic mass is 32.2. The second-order valence-corrected chi connectivity index (χ2v) is 5.94. The lowest BCUT2D eigenvalue weighted by atomic mass is 9.92. The summed E-state index contributed by atoms with van der Waals surface area (Å²) in [6, 6.07) is 7.50. The van der Waals surface area contributed by atoms with Gasteiger partial charge in [0.2, 0.25) is 0 Å². The van der Waals surface area contributed by atoms with Crippen molar-refractivity contribution < 1.29 is 4.39 Å². The van der Waals surface area contributed by atoms with Gasteiger partial charge in [-0.3, -0.25) is 4.99 Å². The molecule has 1 aromatic rings. The Kier molecular flexibility index (Phi) is 2.92. The topological polar surface area (TPSA) is 38.4 Å². The maximum Gasteiger partial charge on any atom is 0.133 e. The van der Waals surface area contributed by atoms with Crippen LogP contribution >= 0.6 is 11.8 Å². The number of hydrogen-bond donors (Lipinski definition) is 1. The van der Waals surface area contributed by atoms with Crippen molar-refractivity contribution in [1.29, 1.82) is 0 Å². The van der Waals surface area contributed by atoms with Crippen molar-refractivity contribution in [3.05, 3.63) is 35.6 Å². The second-order valence-electron chi connectivity index (χ2n) is 4.71. The van der Waals surface area contributed by atoms with E-state index in [1.54, 1.807) is 23.9 Å². The summed E-state index contributed by atoms with van der Waals surface area (Å²) in [5, 5.41) is 1.31. The first-order chi connectivity index (χ1) is 8.24. The monoisotopic (exact) mass is 250 g/mol. The summed E-state index contributed by atoms with van der Waals surface area (Å²) in [6.07, 6.45) is 3.07. The number of rotatable bonds is 1. The number of nitrogens with zero attached hydrogens (tertiary/aromatic N) is 1. The van der Waals surface area contributed by atoms with Crippen molar-refractivity contribution in [2.45, 2.75) is 36.6 Å². The number of benzene rings is 1. The van der Waals surface area contributed by atoms with Crippen LogP contribution in [0.25, 0.3) is 0 Å². The second kappa shape index (κ2) is 4.42. The summed E-state index contributed by atoms with van der Waals surface area (Å²) < 4.78 is 13.7. The zero-order chi connectivity index (χ0) is 11.8. The standard InChI is InChI=1S/C13H15FN2S/c14-10-4-2-1-3-9(10)13-16-11-6-5-8(15)7-12(11)17-13/h1-4,8,11-12H,5-7,15H2. The molecule has 1 saturated carbocycles. The average molecular weight is 250 g/mol. The minimum Gasteiger partial charge on any atom is -0.328 e. The van der Waals surface area contributed by atoms with Crippen molar-refractivity contribution in [1.82, 2.24) is 0 Å². The van der Waals surface area contributed by atoms with E-state index in [1.807, 2.05) is 6.07 Å². The van der Waals surface area contributed by atoms with E-state index in [-0.39, 0.29) is 5.82 Å². The number of fused-ring (bicyclic) bond motifs is 1. The first kappa shape index (κ1) is 11.2. The van der Waals surface area contributed by atoms with Crippen LogP contribution in [0.4, 0.5) is 4.39 Å². The predicted octanol–water partition coefficient (Wildman–Crippen LogP) is 2.57. The molecule has 4 heteroatoms. The van der Waals surface area contributed by atoms with Crippen LogP contribution in [-0.2, 0) is 0 Å². The van der Waals surface area contributed by atoms with Crippen molar-refractivity contribution in [3.8, 4) is 0 Å². The molecule has 1 heterocycles. The summed E-state index contributed by atoms with van der Waals surface area (Å²) in [5.41, 5.74) is 6.61. The quantitative estimate of drug-likeness (QED) is 0.832. The van der Waals surface area contributed by atoms with Crippen LogP contribution in [0.2, 0.25) is 0 Å². The van der Waals surface area contributed by atoms with E-state index in [0.717, 1.165) is 24.3 Å². The van der Waals surface area contributed by atoms with Gasteiger partial charge < -0.3 is 5.73 Å². The van der Waals surface area contributed by atoms with E-state index in [9.17, 15) is 4.39 Å². The smallest absolute Gasteiger partial charge is 0.133 e. The third-order valence-electron chi connectivity index (χ3n) is 3.45. The number of hydrogen-bond acceptors (Lipinski definition) is 3. The molecule has 0 radical (unpaired) electrons. The molecule has 1 aliphatic heterocycles. The van der Waals surface area contributed by atoms with Gasteiger partial charge in [-0.25, -0.2) is 4.39 Å². The van der Waals surface area contributed by atoms with Gasteiger partial charge in [-0.1, -0.05) is 12.1 Å². The third kappa shape index (κ3) is 2.11. The third-order valence-corrected chi connectivity index (χ3v) is 4.81. The molecule has 1 fully saturated rings. The fraction of sp³-hybridized carbons (Fsp3) is 0.462. The van der Waals surface area contributed by atoms with Crippen molar-refractivity contribution in [2.24, 2.45) is 10.7 Å². The van der Waals surface area contributed by atoms with Gasteiger partial charge in [-0.15, -0.1) is 11.8 Å². The van der Waals surface area contributed by atoms with Gasteiger partial charge in [0.15, 0.2) is 0 Å². The molecule has 3 unspecified atom stereocenters. The maximum atomic E-state index is 13.7. The number of nitrogens with two attached hydrogens (primary N) is 1. The Labute approximate surface area is 104 Å². The first-order valence-corrected chi connectivity index (χ1v) is 6.87. The van der Waals surface area contributed by atoms with Crippen LogP contribution in [-0.4, -0.2) is 22.4 Å². The number of thioether (sulfide) groups is 1. The summed E-state index contributed by atoms with van der Waals surface area (Å²) >= 11 is 1.70. The Hall–Kier alpha value is -0.870. The highest BCUT2D eigenvalue weighted by Gasteiger charge is 2.35. The van der Waals surface area contributed by atoms with E-state index < -0.39 is 0 Å². The minimum absolute atomic E-state index is 0.179. The van der Waals surface area contributed by atoms with Crippen LogP contribution < -0.4 is 5.73 Å². The Morgan fingerprint density at radius 2 is 2.12 bits per heavy atom. The van der Waals surface area contributed by atoms with Crippen LogP contribution in [0.15, 0.2) is 29.3 Å². The number of aliphatic imine (C=N–C) groups is 1. The molecule has 3 rings (SSSR count). The zero-order valence-corrected chi connectivity index (χ0v) is 10.3. The summed E-state index contributed by atoms with van der Waals surface area (Å²) in [7, 11) is 0. The van der Waals surface area contributed by atoms with Crippen LogP contribution in [0.1, 0.15) is 24.8 Å². The van der Waals surface area contributed by atoms with Gasteiger partial charge in [0.05, 0.1) is 6.04 Å². The van der Waals surface area contributed by atoms with Crippen molar-refractivity contribution >= 4 is 16.8 Å². The lowest BCUT2D eigenvalue weighted by molar-refractivity contribution is 0.412. The maximum absolute atomic E-state index is 13.7. The molecule has 1 aliphatic carbocycles. The van der Waals surface area contributed by atoms with E-state index in [1.165, 1.54) is 6.07 Å². The molecule has 0 amide bonds. The summed E-state index contributed by atoms with van der Waals surface area (Å²) in [4.78, 5) is 4.66. The highest BCUT2D eigenvalue weighted by molar-refractivity contribution is 8.15. The molecule has 3 atom stereocenters. The molecule has 2 N–H and O–H groups in total. The Balaban J connectivity index is 1.85. The molecule has 2 nitrogen and oxygen atoms in total. The lowest BCUT2D eigenvalue weighted by Gasteiger charge is -2.27. The molecule has 0 bridgehead atoms. The van der Waals surface area contributed by atoms with Crippen molar-refractivity contribution in [2.75, 3.05) is 0 Å². The fourth-order valence-corrected chi connectivity index (χ4v) is 3.98. The van der Waals surface area contributed by atoms with Gasteiger partial charge in [-0.05, 0) is 31.4 Å². The molecule has 2 aliphatic rings. The van der Waals surface area contributed by atoms with Crippen molar-refractivity contribution in [3.63, 3.8) is 0 Å². The molecular formula is C13H15FN2S. The van der Waals surface area contributed by atoms with Crippen LogP contribution in [0.3, 0.4) is 0 Å². The number of halogens is 1. The van der Waals surface area contributed by atoms with Gasteiger partial charge >= 0.3 is 0 Å².